The van der Waals surface area contributed by atoms with Crippen LogP contribution in [0.25, 0.3) is 11.1 Å². The lowest BCUT2D eigenvalue weighted by Gasteiger charge is -2.27. The van der Waals surface area contributed by atoms with Gasteiger partial charge in [0.2, 0.25) is 0 Å². The van der Waals surface area contributed by atoms with Gasteiger partial charge in [0.1, 0.15) is 0 Å². The summed E-state index contributed by atoms with van der Waals surface area (Å²) in [7, 11) is 0. The van der Waals surface area contributed by atoms with Crippen molar-refractivity contribution >= 4 is 39.9 Å². The van der Waals surface area contributed by atoms with Crippen LogP contribution >= 0.6 is 0 Å². The van der Waals surface area contributed by atoms with E-state index in [0.717, 1.165) is 50.8 Å². The number of ether oxygens (including phenoxy) is 1. The van der Waals surface area contributed by atoms with Gasteiger partial charge in [0.05, 0.1) is 13.2 Å². The number of carbonyl (C=O) groups excluding carboxylic acids is 1. The number of rotatable bonds is 13. The maximum absolute atomic E-state index is 12.4. The van der Waals surface area contributed by atoms with Gasteiger partial charge in [0.25, 0.3) is 0 Å². The van der Waals surface area contributed by atoms with Crippen molar-refractivity contribution < 1.29 is 9.53 Å². The SMILES string of the molecule is C=CCOCc1ccc(N(c2ccc(-c3ccc(N(c4ccc(C(=O)C=CC)cc4)c4cccc(C)c4)cc3)cc2)c2cccc(C)c2)cc1. The Morgan fingerprint density at radius 2 is 1.04 bits per heavy atom. The Morgan fingerprint density at radius 3 is 1.46 bits per heavy atom. The zero-order chi connectivity index (χ0) is 34.9. The van der Waals surface area contributed by atoms with Gasteiger partial charge in [-0.15, -0.1) is 6.58 Å². The molecule has 0 atom stereocenters. The largest absolute Gasteiger partial charge is 0.373 e. The highest BCUT2D eigenvalue weighted by Gasteiger charge is 2.16. The van der Waals surface area contributed by atoms with Crippen LogP contribution in [0.1, 0.15) is 34.0 Å². The van der Waals surface area contributed by atoms with Crippen molar-refractivity contribution in [3.05, 3.63) is 193 Å². The number of carbonyl (C=O) groups is 1. The summed E-state index contributed by atoms with van der Waals surface area (Å²) < 4.78 is 5.65. The molecule has 0 fully saturated rings. The van der Waals surface area contributed by atoms with E-state index in [1.807, 2.05) is 31.2 Å². The molecule has 6 aromatic rings. The Kier molecular flexibility index (Phi) is 10.8. The topological polar surface area (TPSA) is 32.8 Å². The molecule has 0 saturated carbocycles. The van der Waals surface area contributed by atoms with Crippen molar-refractivity contribution in [3.8, 4) is 11.1 Å². The first-order valence-corrected chi connectivity index (χ1v) is 16.9. The number of anilines is 6. The third-order valence-electron chi connectivity index (χ3n) is 8.53. The van der Waals surface area contributed by atoms with Crippen molar-refractivity contribution in [2.75, 3.05) is 16.4 Å². The number of aryl methyl sites for hydroxylation is 2. The quantitative estimate of drug-likeness (QED) is 0.0537. The molecule has 0 aliphatic heterocycles. The van der Waals surface area contributed by atoms with E-state index < -0.39 is 0 Å². The van der Waals surface area contributed by atoms with E-state index in [9.17, 15) is 4.79 Å². The predicted octanol–water partition coefficient (Wildman–Crippen LogP) is 12.4. The number of allylic oxidation sites excluding steroid dienone is 2. The van der Waals surface area contributed by atoms with Gasteiger partial charge in [0, 0.05) is 39.7 Å². The fourth-order valence-corrected chi connectivity index (χ4v) is 6.06. The summed E-state index contributed by atoms with van der Waals surface area (Å²) in [6.07, 6.45) is 5.13. The fourth-order valence-electron chi connectivity index (χ4n) is 6.06. The smallest absolute Gasteiger partial charge is 0.185 e. The zero-order valence-corrected chi connectivity index (χ0v) is 28.9. The molecule has 0 radical (unpaired) electrons. The summed E-state index contributed by atoms with van der Waals surface area (Å²) in [6, 6.07) is 50.8. The Labute approximate surface area is 296 Å². The van der Waals surface area contributed by atoms with E-state index >= 15 is 0 Å². The van der Waals surface area contributed by atoms with E-state index in [0.29, 0.717) is 18.8 Å². The molecule has 0 aliphatic rings. The highest BCUT2D eigenvalue weighted by molar-refractivity contribution is 6.04. The van der Waals surface area contributed by atoms with Crippen LogP contribution in [0, 0.1) is 13.8 Å². The van der Waals surface area contributed by atoms with Crippen LogP contribution in [0.5, 0.6) is 0 Å². The standard InChI is InChI=1S/C46H42N2O2/c1-5-9-46(49)39-20-28-43(29-21-39)48(45-13-8-11-35(4)32-45)42-26-18-38(19-27-42)37-16-24-41(25-17-37)47(44-12-7-10-34(3)31-44)40-22-14-36(15-23-40)33-50-30-6-2/h5-29,31-32H,2,30,33H2,1,3-4H3. The van der Waals surface area contributed by atoms with Gasteiger partial charge in [-0.2, -0.15) is 0 Å². The number of hydrogen-bond donors (Lipinski definition) is 0. The minimum Gasteiger partial charge on any atom is -0.373 e. The van der Waals surface area contributed by atoms with E-state index in [-0.39, 0.29) is 5.78 Å². The zero-order valence-electron chi connectivity index (χ0n) is 28.9. The minimum absolute atomic E-state index is 0.00134. The highest BCUT2D eigenvalue weighted by atomic mass is 16.5. The Balaban J connectivity index is 1.29. The third kappa shape index (κ3) is 8.00. The average Bonchev–Trinajstić information content (AvgIpc) is 3.14. The number of ketones is 1. The van der Waals surface area contributed by atoms with Gasteiger partial charge < -0.3 is 14.5 Å². The fraction of sp³-hybridized carbons (Fsp3) is 0.109. The predicted molar refractivity (Wildman–Crippen MR) is 210 cm³/mol. The Morgan fingerprint density at radius 1 is 0.600 bits per heavy atom. The van der Waals surface area contributed by atoms with Gasteiger partial charge in [0.15, 0.2) is 5.78 Å². The second-order valence-corrected chi connectivity index (χ2v) is 12.3. The molecule has 6 aromatic carbocycles. The highest BCUT2D eigenvalue weighted by Crippen LogP contribution is 2.38. The molecule has 0 saturated heterocycles. The van der Waals surface area contributed by atoms with Crippen LogP contribution in [0.3, 0.4) is 0 Å². The molecule has 0 spiro atoms. The lowest BCUT2D eigenvalue weighted by molar-refractivity contribution is 0.104. The van der Waals surface area contributed by atoms with Gasteiger partial charge >= 0.3 is 0 Å². The van der Waals surface area contributed by atoms with Crippen LogP contribution in [-0.4, -0.2) is 12.4 Å². The molecule has 0 aromatic heterocycles. The molecule has 50 heavy (non-hydrogen) atoms. The molecular formula is C46H42N2O2. The lowest BCUT2D eigenvalue weighted by Crippen LogP contribution is -2.10. The summed E-state index contributed by atoms with van der Waals surface area (Å²) in [5.74, 6) is 0.00134. The Bertz CT molecular complexity index is 2080. The van der Waals surface area contributed by atoms with Crippen LogP contribution in [0.2, 0.25) is 0 Å². The van der Waals surface area contributed by atoms with Crippen LogP contribution in [0.4, 0.5) is 34.1 Å². The molecule has 0 amide bonds. The van der Waals surface area contributed by atoms with Crippen molar-refractivity contribution in [1.82, 2.24) is 0 Å². The van der Waals surface area contributed by atoms with Crippen molar-refractivity contribution in [2.45, 2.75) is 27.4 Å². The number of hydrogen-bond acceptors (Lipinski definition) is 4. The van der Waals surface area contributed by atoms with Gasteiger partial charge in [-0.25, -0.2) is 0 Å². The van der Waals surface area contributed by atoms with Crippen LogP contribution < -0.4 is 9.80 Å². The molecule has 0 aliphatic carbocycles. The lowest BCUT2D eigenvalue weighted by atomic mass is 10.0. The van der Waals surface area contributed by atoms with E-state index in [1.54, 1.807) is 18.2 Å². The summed E-state index contributed by atoms with van der Waals surface area (Å²) in [4.78, 5) is 16.9. The molecule has 4 nitrogen and oxygen atoms in total. The minimum atomic E-state index is 0.00134. The monoisotopic (exact) mass is 654 g/mol. The van der Waals surface area contributed by atoms with E-state index in [2.05, 4.69) is 152 Å². The molecular weight excluding hydrogens is 613 g/mol. The first-order valence-electron chi connectivity index (χ1n) is 16.9. The normalized spacial score (nSPS) is 11.0. The Hall–Kier alpha value is -5.97. The maximum Gasteiger partial charge on any atom is 0.185 e. The van der Waals surface area contributed by atoms with Gasteiger partial charge in [-0.3, -0.25) is 4.79 Å². The van der Waals surface area contributed by atoms with Crippen molar-refractivity contribution in [3.63, 3.8) is 0 Å². The first-order chi connectivity index (χ1) is 24.4. The van der Waals surface area contributed by atoms with Crippen LogP contribution in [0.15, 0.2) is 170 Å². The molecule has 0 heterocycles. The summed E-state index contributed by atoms with van der Waals surface area (Å²) >= 11 is 0. The molecule has 0 unspecified atom stereocenters. The van der Waals surface area contributed by atoms with Crippen molar-refractivity contribution in [1.29, 1.82) is 0 Å². The summed E-state index contributed by atoms with van der Waals surface area (Å²) in [5, 5.41) is 0. The summed E-state index contributed by atoms with van der Waals surface area (Å²) in [5.41, 5.74) is 12.8. The molecule has 0 bridgehead atoms. The summed E-state index contributed by atoms with van der Waals surface area (Å²) in [6.45, 7) is 10.9. The van der Waals surface area contributed by atoms with E-state index in [4.69, 9.17) is 4.74 Å². The second kappa shape index (κ2) is 16.0. The third-order valence-corrected chi connectivity index (χ3v) is 8.53. The maximum atomic E-state index is 12.4. The first kappa shape index (κ1) is 33.9. The van der Waals surface area contributed by atoms with Gasteiger partial charge in [-0.1, -0.05) is 72.8 Å². The second-order valence-electron chi connectivity index (χ2n) is 12.3. The number of nitrogens with zero attached hydrogens (tertiary/aromatic N) is 2. The molecule has 6 rings (SSSR count). The van der Waals surface area contributed by atoms with Crippen LogP contribution in [-0.2, 0) is 11.3 Å². The van der Waals surface area contributed by atoms with Crippen molar-refractivity contribution in [2.24, 2.45) is 0 Å². The molecule has 4 heteroatoms. The average molecular weight is 655 g/mol. The molecule has 248 valence electrons. The van der Waals surface area contributed by atoms with Gasteiger partial charge in [-0.05, 0) is 140 Å². The number of benzene rings is 6. The molecule has 0 N–H and O–H groups in total. The van der Waals surface area contributed by atoms with E-state index in [1.165, 1.54) is 11.1 Å².